The highest BCUT2D eigenvalue weighted by molar-refractivity contribution is 6.33. The summed E-state index contributed by atoms with van der Waals surface area (Å²) in [7, 11) is 0. The number of nitrogens with one attached hydrogen (secondary N) is 1. The summed E-state index contributed by atoms with van der Waals surface area (Å²) in [6.07, 6.45) is 0. The van der Waals surface area contributed by atoms with E-state index in [2.05, 4.69) is 11.9 Å². The van der Waals surface area contributed by atoms with Gasteiger partial charge in [-0.2, -0.15) is 0 Å². The van der Waals surface area contributed by atoms with Crippen LogP contribution in [-0.4, -0.2) is 19.1 Å². The highest BCUT2D eigenvalue weighted by Gasteiger charge is 2.07. The molecule has 0 aromatic heterocycles. The molecule has 0 heterocycles. The number of anilines is 1. The molecule has 1 N–H and O–H groups in total. The first-order chi connectivity index (χ1) is 7.65. The first-order valence-corrected chi connectivity index (χ1v) is 5.36. The Balaban J connectivity index is 2.49. The van der Waals surface area contributed by atoms with Crippen LogP contribution in [0.15, 0.2) is 36.4 Å². The Labute approximate surface area is 100 Å². The van der Waals surface area contributed by atoms with Gasteiger partial charge in [0, 0.05) is 12.1 Å². The second-order valence-electron chi connectivity index (χ2n) is 3.16. The summed E-state index contributed by atoms with van der Waals surface area (Å²) < 4.78 is 4.81. The van der Waals surface area contributed by atoms with Crippen molar-refractivity contribution in [1.29, 1.82) is 0 Å². The van der Waals surface area contributed by atoms with Gasteiger partial charge in [-0.15, -0.1) is 0 Å². The average molecular weight is 240 g/mol. The number of rotatable bonds is 5. The summed E-state index contributed by atoms with van der Waals surface area (Å²) in [5, 5.41) is 3.63. The predicted molar refractivity (Wildman–Crippen MR) is 65.7 cm³/mol. The third kappa shape index (κ3) is 3.59. The van der Waals surface area contributed by atoms with Crippen molar-refractivity contribution in [1.82, 2.24) is 0 Å². The number of carbonyl (C=O) groups is 1. The van der Waals surface area contributed by atoms with Gasteiger partial charge in [-0.25, -0.2) is 4.79 Å². The predicted octanol–water partition coefficient (Wildman–Crippen LogP) is 2.87. The molecule has 0 radical (unpaired) electrons. The van der Waals surface area contributed by atoms with Crippen LogP contribution in [0.2, 0.25) is 5.02 Å². The van der Waals surface area contributed by atoms with Crippen LogP contribution >= 0.6 is 11.6 Å². The van der Waals surface area contributed by atoms with Crippen LogP contribution in [-0.2, 0) is 9.53 Å². The maximum atomic E-state index is 11.3. The zero-order chi connectivity index (χ0) is 12.0. The lowest BCUT2D eigenvalue weighted by atomic mass is 10.2. The molecule has 0 saturated heterocycles. The maximum Gasteiger partial charge on any atom is 0.335 e. The molecule has 0 bridgehead atoms. The van der Waals surface area contributed by atoms with Gasteiger partial charge in [-0.3, -0.25) is 0 Å². The largest absolute Gasteiger partial charge is 0.463 e. The lowest BCUT2D eigenvalue weighted by Crippen LogP contribution is -2.14. The number of ether oxygens (including phenoxy) is 1. The highest BCUT2D eigenvalue weighted by atomic mass is 35.5. The topological polar surface area (TPSA) is 38.3 Å². The molecular formula is C12H14ClNO2. The zero-order valence-electron chi connectivity index (χ0n) is 9.13. The van der Waals surface area contributed by atoms with Crippen molar-refractivity contribution >= 4 is 23.3 Å². The van der Waals surface area contributed by atoms with E-state index in [0.29, 0.717) is 23.7 Å². The fraction of sp³-hybridized carbons (Fsp3) is 0.250. The molecule has 0 aliphatic rings. The summed E-state index contributed by atoms with van der Waals surface area (Å²) in [5.41, 5.74) is 1.15. The van der Waals surface area contributed by atoms with E-state index < -0.39 is 0 Å². The molecule has 0 aliphatic heterocycles. The van der Waals surface area contributed by atoms with Gasteiger partial charge in [0.15, 0.2) is 0 Å². The van der Waals surface area contributed by atoms with Crippen LogP contribution in [0.3, 0.4) is 0 Å². The van der Waals surface area contributed by atoms with Gasteiger partial charge in [-0.05, 0) is 19.1 Å². The zero-order valence-corrected chi connectivity index (χ0v) is 9.88. The Kier molecular flexibility index (Phi) is 4.86. The second-order valence-corrected chi connectivity index (χ2v) is 3.56. The number of esters is 1. The van der Waals surface area contributed by atoms with Gasteiger partial charge in [0.05, 0.1) is 17.3 Å². The fourth-order valence-corrected chi connectivity index (χ4v) is 1.31. The van der Waals surface area contributed by atoms with Crippen LogP contribution in [0, 0.1) is 0 Å². The standard InChI is InChI=1S/C12H14ClNO2/c1-3-16-12(15)9(2)8-14-11-7-5-4-6-10(11)13/h4-7,14H,2-3,8H2,1H3. The minimum Gasteiger partial charge on any atom is -0.463 e. The summed E-state index contributed by atoms with van der Waals surface area (Å²) >= 11 is 5.94. The van der Waals surface area contributed by atoms with Gasteiger partial charge >= 0.3 is 5.97 Å². The first kappa shape index (κ1) is 12.6. The molecule has 0 atom stereocenters. The van der Waals surface area contributed by atoms with E-state index in [-0.39, 0.29) is 5.97 Å². The fourth-order valence-electron chi connectivity index (χ4n) is 1.11. The van der Waals surface area contributed by atoms with E-state index in [9.17, 15) is 4.79 Å². The van der Waals surface area contributed by atoms with Gasteiger partial charge in [0.2, 0.25) is 0 Å². The molecule has 1 rings (SSSR count). The van der Waals surface area contributed by atoms with E-state index in [0.717, 1.165) is 5.69 Å². The molecule has 86 valence electrons. The normalized spacial score (nSPS) is 9.62. The van der Waals surface area contributed by atoms with Crippen LogP contribution in [0.25, 0.3) is 0 Å². The molecule has 3 nitrogen and oxygen atoms in total. The molecule has 0 amide bonds. The van der Waals surface area contributed by atoms with E-state index in [1.807, 2.05) is 18.2 Å². The Morgan fingerprint density at radius 1 is 1.50 bits per heavy atom. The number of hydrogen-bond donors (Lipinski definition) is 1. The Bertz CT molecular complexity index is 390. The molecule has 4 heteroatoms. The number of carbonyl (C=O) groups excluding carboxylic acids is 1. The molecule has 1 aromatic carbocycles. The molecular weight excluding hydrogens is 226 g/mol. The van der Waals surface area contributed by atoms with Crippen molar-refractivity contribution in [3.63, 3.8) is 0 Å². The van der Waals surface area contributed by atoms with E-state index in [1.54, 1.807) is 13.0 Å². The molecule has 1 aromatic rings. The summed E-state index contributed by atoms with van der Waals surface area (Å²) in [5.74, 6) is -0.387. The highest BCUT2D eigenvalue weighted by Crippen LogP contribution is 2.20. The maximum absolute atomic E-state index is 11.3. The Morgan fingerprint density at radius 2 is 2.19 bits per heavy atom. The van der Waals surface area contributed by atoms with Crippen molar-refractivity contribution in [2.45, 2.75) is 6.92 Å². The van der Waals surface area contributed by atoms with Crippen molar-refractivity contribution in [2.24, 2.45) is 0 Å². The molecule has 0 unspecified atom stereocenters. The Morgan fingerprint density at radius 3 is 2.81 bits per heavy atom. The third-order valence-electron chi connectivity index (χ3n) is 1.93. The van der Waals surface area contributed by atoms with E-state index in [1.165, 1.54) is 0 Å². The quantitative estimate of drug-likeness (QED) is 0.634. The smallest absolute Gasteiger partial charge is 0.335 e. The molecule has 0 fully saturated rings. The molecule has 0 spiro atoms. The van der Waals surface area contributed by atoms with Crippen molar-refractivity contribution in [2.75, 3.05) is 18.5 Å². The van der Waals surface area contributed by atoms with Crippen LogP contribution in [0.5, 0.6) is 0 Å². The van der Waals surface area contributed by atoms with Gasteiger partial charge in [0.25, 0.3) is 0 Å². The van der Waals surface area contributed by atoms with Gasteiger partial charge in [0.1, 0.15) is 0 Å². The van der Waals surface area contributed by atoms with Crippen LogP contribution in [0.1, 0.15) is 6.92 Å². The lowest BCUT2D eigenvalue weighted by molar-refractivity contribution is -0.138. The van der Waals surface area contributed by atoms with E-state index >= 15 is 0 Å². The van der Waals surface area contributed by atoms with Gasteiger partial charge in [-0.1, -0.05) is 30.3 Å². The lowest BCUT2D eigenvalue weighted by Gasteiger charge is -2.09. The minimum absolute atomic E-state index is 0.322. The average Bonchev–Trinajstić information content (AvgIpc) is 2.28. The third-order valence-corrected chi connectivity index (χ3v) is 2.26. The number of para-hydroxylation sites is 1. The van der Waals surface area contributed by atoms with Crippen molar-refractivity contribution < 1.29 is 9.53 Å². The first-order valence-electron chi connectivity index (χ1n) is 4.98. The van der Waals surface area contributed by atoms with Crippen LogP contribution < -0.4 is 5.32 Å². The number of benzene rings is 1. The molecule has 16 heavy (non-hydrogen) atoms. The summed E-state index contributed by atoms with van der Waals surface area (Å²) in [4.78, 5) is 11.3. The monoisotopic (exact) mass is 239 g/mol. The Hall–Kier alpha value is -1.48. The molecule has 0 saturated carbocycles. The SMILES string of the molecule is C=C(CNc1ccccc1Cl)C(=O)OCC. The minimum atomic E-state index is -0.387. The van der Waals surface area contributed by atoms with Crippen molar-refractivity contribution in [3.05, 3.63) is 41.4 Å². The van der Waals surface area contributed by atoms with E-state index in [4.69, 9.17) is 16.3 Å². The van der Waals surface area contributed by atoms with Crippen molar-refractivity contribution in [3.8, 4) is 0 Å². The molecule has 0 aliphatic carbocycles. The summed E-state index contributed by atoms with van der Waals surface area (Å²) in [6.45, 7) is 6.07. The number of halogens is 1. The van der Waals surface area contributed by atoms with Gasteiger partial charge < -0.3 is 10.1 Å². The number of hydrogen-bond acceptors (Lipinski definition) is 3. The summed E-state index contributed by atoms with van der Waals surface area (Å²) in [6, 6.07) is 7.31. The second kappa shape index (κ2) is 6.18. The van der Waals surface area contributed by atoms with Crippen LogP contribution in [0.4, 0.5) is 5.69 Å².